The van der Waals surface area contributed by atoms with Gasteiger partial charge in [-0.05, 0) is 56.9 Å². The number of fused-ring (bicyclic) bond motifs is 1. The van der Waals surface area contributed by atoms with E-state index in [0.29, 0.717) is 11.7 Å². The normalized spacial score (nSPS) is 17.5. The molecule has 0 radical (unpaired) electrons. The molecule has 2 heterocycles. The largest absolute Gasteiger partial charge is 0.362 e. The third kappa shape index (κ3) is 5.09. The number of hydrogen-bond acceptors (Lipinski definition) is 7. The van der Waals surface area contributed by atoms with E-state index >= 15 is 0 Å². The molecule has 0 unspecified atom stereocenters. The van der Waals surface area contributed by atoms with Crippen LogP contribution in [-0.4, -0.2) is 47.2 Å². The summed E-state index contributed by atoms with van der Waals surface area (Å²) in [6.45, 7) is 1.63. The lowest BCUT2D eigenvalue weighted by Gasteiger charge is -2.30. The molecule has 4 aromatic rings. The SMILES string of the molecule is Cc1onc(-c2c(F)cccc2Cl)c1C(=O)N[C@H]1CC[C@@H](Nc2nc(N(C)C)c3ccccc3n2)CC1. The minimum Gasteiger partial charge on any atom is -0.362 e. The van der Waals surface area contributed by atoms with Crippen molar-refractivity contribution in [2.45, 2.75) is 44.7 Å². The predicted molar refractivity (Wildman–Crippen MR) is 143 cm³/mol. The third-order valence-corrected chi connectivity index (χ3v) is 7.01. The highest BCUT2D eigenvalue weighted by Crippen LogP contribution is 2.34. The maximum absolute atomic E-state index is 14.5. The minimum absolute atomic E-state index is 0.0290. The summed E-state index contributed by atoms with van der Waals surface area (Å²) in [6, 6.07) is 12.5. The number of nitrogens with zero attached hydrogens (tertiary/aromatic N) is 4. The average Bonchev–Trinajstić information content (AvgIpc) is 3.25. The fourth-order valence-corrected chi connectivity index (χ4v) is 5.07. The summed E-state index contributed by atoms with van der Waals surface area (Å²) in [6.07, 6.45) is 3.23. The Morgan fingerprint density at radius 3 is 2.51 bits per heavy atom. The van der Waals surface area contributed by atoms with Gasteiger partial charge < -0.3 is 20.1 Å². The average molecular weight is 523 g/mol. The second-order valence-electron chi connectivity index (χ2n) is 9.51. The van der Waals surface area contributed by atoms with Crippen molar-refractivity contribution in [2.24, 2.45) is 0 Å². The summed E-state index contributed by atoms with van der Waals surface area (Å²) >= 11 is 6.21. The topological polar surface area (TPSA) is 96.2 Å². The minimum atomic E-state index is -0.560. The van der Waals surface area contributed by atoms with Crippen LogP contribution in [0.3, 0.4) is 0 Å². The quantitative estimate of drug-likeness (QED) is 0.340. The van der Waals surface area contributed by atoms with Crippen molar-refractivity contribution in [3.8, 4) is 11.3 Å². The summed E-state index contributed by atoms with van der Waals surface area (Å²) in [5, 5.41) is 11.7. The van der Waals surface area contributed by atoms with Gasteiger partial charge in [-0.3, -0.25) is 4.79 Å². The van der Waals surface area contributed by atoms with E-state index in [4.69, 9.17) is 26.1 Å². The number of anilines is 2. The van der Waals surface area contributed by atoms with Crippen LogP contribution in [0.5, 0.6) is 0 Å². The van der Waals surface area contributed by atoms with Crippen molar-refractivity contribution in [3.63, 3.8) is 0 Å². The van der Waals surface area contributed by atoms with Crippen molar-refractivity contribution < 1.29 is 13.7 Å². The predicted octanol–water partition coefficient (Wildman–Crippen LogP) is 5.60. The van der Waals surface area contributed by atoms with E-state index in [9.17, 15) is 9.18 Å². The van der Waals surface area contributed by atoms with E-state index in [1.54, 1.807) is 13.0 Å². The summed E-state index contributed by atoms with van der Waals surface area (Å²) in [7, 11) is 3.93. The molecule has 2 aromatic heterocycles. The van der Waals surface area contributed by atoms with Crippen LogP contribution >= 0.6 is 11.6 Å². The van der Waals surface area contributed by atoms with Crippen LogP contribution in [0.4, 0.5) is 16.2 Å². The fraction of sp³-hybridized carbons (Fsp3) is 0.333. The summed E-state index contributed by atoms with van der Waals surface area (Å²) in [4.78, 5) is 24.6. The molecule has 1 fully saturated rings. The first-order valence-electron chi connectivity index (χ1n) is 12.2. The molecule has 0 saturated heterocycles. The zero-order valence-corrected chi connectivity index (χ0v) is 21.6. The van der Waals surface area contributed by atoms with Gasteiger partial charge in [0.05, 0.1) is 16.1 Å². The summed E-state index contributed by atoms with van der Waals surface area (Å²) in [5.74, 6) is 0.866. The zero-order valence-electron chi connectivity index (χ0n) is 20.9. The van der Waals surface area contributed by atoms with E-state index in [-0.39, 0.29) is 39.8 Å². The summed E-state index contributed by atoms with van der Waals surface area (Å²) in [5.41, 5.74) is 1.26. The van der Waals surface area contributed by atoms with Crippen LogP contribution in [0.25, 0.3) is 22.2 Å². The molecule has 0 atom stereocenters. The first-order valence-corrected chi connectivity index (χ1v) is 12.6. The molecule has 0 bridgehead atoms. The van der Waals surface area contributed by atoms with Crippen molar-refractivity contribution >= 4 is 40.2 Å². The van der Waals surface area contributed by atoms with Gasteiger partial charge in [0.25, 0.3) is 5.91 Å². The lowest BCUT2D eigenvalue weighted by atomic mass is 9.91. The highest BCUT2D eigenvalue weighted by Gasteiger charge is 2.29. The Balaban J connectivity index is 1.25. The van der Waals surface area contributed by atoms with Crippen LogP contribution in [0, 0.1) is 12.7 Å². The monoisotopic (exact) mass is 522 g/mol. The van der Waals surface area contributed by atoms with Gasteiger partial charge in [-0.2, -0.15) is 4.98 Å². The Hall–Kier alpha value is -3.72. The molecule has 2 aromatic carbocycles. The van der Waals surface area contributed by atoms with E-state index in [1.165, 1.54) is 12.1 Å². The van der Waals surface area contributed by atoms with Crippen molar-refractivity contribution in [1.29, 1.82) is 0 Å². The van der Waals surface area contributed by atoms with Crippen molar-refractivity contribution in [1.82, 2.24) is 20.4 Å². The van der Waals surface area contributed by atoms with Crippen LogP contribution in [0.1, 0.15) is 41.8 Å². The molecule has 2 N–H and O–H groups in total. The number of hydrogen-bond donors (Lipinski definition) is 2. The number of aryl methyl sites for hydroxylation is 1. The number of benzene rings is 2. The number of carbonyl (C=O) groups is 1. The Morgan fingerprint density at radius 2 is 1.78 bits per heavy atom. The molecule has 1 aliphatic carbocycles. The molecule has 0 spiro atoms. The summed E-state index contributed by atoms with van der Waals surface area (Å²) < 4.78 is 19.8. The number of para-hydroxylation sites is 1. The molecule has 192 valence electrons. The van der Waals surface area contributed by atoms with Crippen LogP contribution in [-0.2, 0) is 0 Å². The van der Waals surface area contributed by atoms with Crippen molar-refractivity contribution in [2.75, 3.05) is 24.3 Å². The van der Waals surface area contributed by atoms with Gasteiger partial charge in [0.1, 0.15) is 28.7 Å². The molecule has 0 aliphatic heterocycles. The third-order valence-electron chi connectivity index (χ3n) is 6.69. The molecule has 1 saturated carbocycles. The van der Waals surface area contributed by atoms with Gasteiger partial charge in [-0.15, -0.1) is 0 Å². The Kier molecular flexibility index (Phi) is 6.97. The number of rotatable bonds is 6. The van der Waals surface area contributed by atoms with Gasteiger partial charge in [0, 0.05) is 31.6 Å². The van der Waals surface area contributed by atoms with Crippen molar-refractivity contribution in [3.05, 3.63) is 64.6 Å². The van der Waals surface area contributed by atoms with Gasteiger partial charge in [-0.1, -0.05) is 35.0 Å². The molecule has 1 amide bonds. The van der Waals surface area contributed by atoms with Gasteiger partial charge >= 0.3 is 0 Å². The molecular weight excluding hydrogens is 495 g/mol. The second-order valence-corrected chi connectivity index (χ2v) is 9.91. The van der Waals surface area contributed by atoms with Gasteiger partial charge in [-0.25, -0.2) is 9.37 Å². The molecule has 8 nitrogen and oxygen atoms in total. The lowest BCUT2D eigenvalue weighted by molar-refractivity contribution is 0.0925. The van der Waals surface area contributed by atoms with Gasteiger partial charge in [0.2, 0.25) is 5.95 Å². The smallest absolute Gasteiger partial charge is 0.257 e. The van der Waals surface area contributed by atoms with Crippen LogP contribution < -0.4 is 15.5 Å². The number of aromatic nitrogens is 3. The second kappa shape index (κ2) is 10.3. The molecule has 1 aliphatic rings. The van der Waals surface area contributed by atoms with E-state index in [0.717, 1.165) is 42.4 Å². The fourth-order valence-electron chi connectivity index (χ4n) is 4.82. The highest BCUT2D eigenvalue weighted by atomic mass is 35.5. The highest BCUT2D eigenvalue weighted by molar-refractivity contribution is 6.33. The first kappa shape index (κ1) is 25.0. The van der Waals surface area contributed by atoms with Crippen LogP contribution in [0.2, 0.25) is 5.02 Å². The Bertz CT molecular complexity index is 1430. The Labute approximate surface area is 219 Å². The van der Waals surface area contributed by atoms with Crippen LogP contribution in [0.15, 0.2) is 47.0 Å². The standard InChI is InChI=1S/C27H28ClFN6O2/c1-15-22(24(34-37-15)23-19(28)8-6-9-20(23)29)26(36)30-16-11-13-17(14-12-16)31-27-32-21-10-5-4-7-18(21)25(33-27)35(2)3/h4-10,16-17H,11-14H2,1-3H3,(H,30,36)(H,31,32,33)/t16-,17+. The van der Waals surface area contributed by atoms with E-state index in [2.05, 4.69) is 15.8 Å². The molecule has 37 heavy (non-hydrogen) atoms. The Morgan fingerprint density at radius 1 is 1.05 bits per heavy atom. The number of amides is 1. The maximum Gasteiger partial charge on any atom is 0.257 e. The van der Waals surface area contributed by atoms with E-state index in [1.807, 2.05) is 43.3 Å². The first-order chi connectivity index (χ1) is 17.8. The molecule has 10 heteroatoms. The molecule has 5 rings (SSSR count). The van der Waals surface area contributed by atoms with E-state index < -0.39 is 5.82 Å². The maximum atomic E-state index is 14.5. The number of carbonyl (C=O) groups excluding carboxylic acids is 1. The van der Waals surface area contributed by atoms with Gasteiger partial charge in [0.15, 0.2) is 0 Å². The lowest BCUT2D eigenvalue weighted by Crippen LogP contribution is -2.40. The zero-order chi connectivity index (χ0) is 26.1. The molecular formula is C27H28ClFN6O2. The number of halogens is 2. The number of nitrogens with one attached hydrogen (secondary N) is 2.